The summed E-state index contributed by atoms with van der Waals surface area (Å²) in [5.41, 5.74) is 4.48. The number of hydrogen-bond acceptors (Lipinski definition) is 3. The van der Waals surface area contributed by atoms with Crippen molar-refractivity contribution >= 4 is 5.91 Å². The van der Waals surface area contributed by atoms with Crippen LogP contribution >= 0.6 is 0 Å². The minimum Gasteiger partial charge on any atom is -0.493 e. The van der Waals surface area contributed by atoms with Crippen LogP contribution in [0.5, 0.6) is 5.75 Å². The van der Waals surface area contributed by atoms with E-state index in [9.17, 15) is 9.18 Å². The number of carbonyl (C=O) groups excluding carboxylic acids is 1. The average molecular weight is 463 g/mol. The maximum Gasteiger partial charge on any atom is 0.254 e. The molecule has 1 aliphatic carbocycles. The Morgan fingerprint density at radius 2 is 2.00 bits per heavy atom. The molecule has 1 aliphatic heterocycles. The number of fused-ring (bicyclic) bond motifs is 1. The van der Waals surface area contributed by atoms with Crippen molar-refractivity contribution in [3.63, 3.8) is 0 Å². The first kappa shape index (κ1) is 22.4. The molecule has 1 atom stereocenters. The van der Waals surface area contributed by atoms with Crippen LogP contribution in [-0.2, 0) is 20.0 Å². The molecule has 1 saturated carbocycles. The number of nitrogens with zero attached hydrogens (tertiary/aromatic N) is 3. The molecule has 2 aliphatic rings. The Bertz CT molecular complexity index is 1300. The van der Waals surface area contributed by atoms with Crippen molar-refractivity contribution in [3.8, 4) is 5.75 Å². The van der Waals surface area contributed by atoms with Crippen molar-refractivity contribution in [1.29, 1.82) is 5.41 Å². The van der Waals surface area contributed by atoms with Crippen LogP contribution in [0.4, 0.5) is 4.39 Å². The Balaban J connectivity index is 1.48. The van der Waals surface area contributed by atoms with Crippen molar-refractivity contribution in [1.82, 2.24) is 14.0 Å². The highest BCUT2D eigenvalue weighted by Crippen LogP contribution is 2.36. The largest absolute Gasteiger partial charge is 0.493 e. The lowest BCUT2D eigenvalue weighted by molar-refractivity contribution is 0.0670. The van der Waals surface area contributed by atoms with Gasteiger partial charge in [0.05, 0.1) is 19.2 Å². The van der Waals surface area contributed by atoms with E-state index in [-0.39, 0.29) is 17.8 Å². The summed E-state index contributed by atoms with van der Waals surface area (Å²) in [6.45, 7) is 5.51. The molecule has 0 bridgehead atoms. The lowest BCUT2D eigenvalue weighted by Gasteiger charge is -2.35. The second kappa shape index (κ2) is 8.78. The summed E-state index contributed by atoms with van der Waals surface area (Å²) in [5, 5.41) is 8.26. The predicted molar refractivity (Wildman–Crippen MR) is 127 cm³/mol. The molecule has 34 heavy (non-hydrogen) atoms. The van der Waals surface area contributed by atoms with Crippen LogP contribution < -0.4 is 10.4 Å². The van der Waals surface area contributed by atoms with E-state index < -0.39 is 0 Å². The van der Waals surface area contributed by atoms with E-state index in [0.717, 1.165) is 22.4 Å². The fourth-order valence-corrected chi connectivity index (χ4v) is 4.68. The summed E-state index contributed by atoms with van der Waals surface area (Å²) in [6, 6.07) is 8.89. The van der Waals surface area contributed by atoms with Gasteiger partial charge in [0, 0.05) is 37.1 Å². The smallest absolute Gasteiger partial charge is 0.254 e. The number of nitrogens with one attached hydrogen (secondary N) is 1. The lowest BCUT2D eigenvalue weighted by atomic mass is 9.93. The number of imidazole rings is 1. The molecule has 3 aromatic rings. The summed E-state index contributed by atoms with van der Waals surface area (Å²) < 4.78 is 23.6. The number of ether oxygens (including phenoxy) is 1. The summed E-state index contributed by atoms with van der Waals surface area (Å²) in [5.74, 6) is 1.14. The molecule has 178 valence electrons. The number of hydrogen-bond donors (Lipinski definition) is 1. The van der Waals surface area contributed by atoms with Gasteiger partial charge in [-0.15, -0.1) is 0 Å². The summed E-state index contributed by atoms with van der Waals surface area (Å²) in [6.07, 6.45) is 6.84. The number of halogens is 1. The van der Waals surface area contributed by atoms with Crippen LogP contribution in [0.2, 0.25) is 0 Å². The molecule has 5 rings (SSSR count). The number of rotatable bonds is 7. The maximum atomic E-state index is 13.8. The molecular formula is C27H31FN4O2. The van der Waals surface area contributed by atoms with Crippen molar-refractivity contribution in [2.24, 2.45) is 13.0 Å². The molecule has 1 unspecified atom stereocenters. The molecule has 2 aromatic carbocycles. The number of aromatic nitrogens is 2. The minimum atomic E-state index is -0.236. The minimum absolute atomic E-state index is 0.0296. The summed E-state index contributed by atoms with van der Waals surface area (Å²) in [7, 11) is 1.84. The van der Waals surface area contributed by atoms with Crippen LogP contribution in [0.3, 0.4) is 0 Å². The molecule has 0 saturated heterocycles. The second-order valence-electron chi connectivity index (χ2n) is 9.67. The quantitative estimate of drug-likeness (QED) is 0.567. The zero-order valence-corrected chi connectivity index (χ0v) is 20.0. The fraction of sp³-hybridized carbons (Fsp3) is 0.407. The zero-order valence-electron chi connectivity index (χ0n) is 20.0. The van der Waals surface area contributed by atoms with Crippen LogP contribution in [0, 0.1) is 24.1 Å². The van der Waals surface area contributed by atoms with E-state index in [2.05, 4.69) is 0 Å². The SMILES string of the molecule is Cc1cc(C(C)N2CCc3c(OCC4CC4)cc(Cn4ccn(C)c4=N)cc3C2=O)ccc1F. The van der Waals surface area contributed by atoms with Gasteiger partial charge in [0.2, 0.25) is 5.62 Å². The summed E-state index contributed by atoms with van der Waals surface area (Å²) >= 11 is 0. The molecule has 0 radical (unpaired) electrons. The topological polar surface area (TPSA) is 63.2 Å². The highest BCUT2D eigenvalue weighted by atomic mass is 19.1. The monoisotopic (exact) mass is 462 g/mol. The Morgan fingerprint density at radius 3 is 2.68 bits per heavy atom. The van der Waals surface area contributed by atoms with Gasteiger partial charge in [0.15, 0.2) is 0 Å². The highest BCUT2D eigenvalue weighted by Gasteiger charge is 2.32. The van der Waals surface area contributed by atoms with Gasteiger partial charge >= 0.3 is 0 Å². The van der Waals surface area contributed by atoms with Crippen molar-refractivity contribution in [3.05, 3.63) is 82.0 Å². The molecule has 7 heteroatoms. The molecule has 0 spiro atoms. The Morgan fingerprint density at radius 1 is 1.21 bits per heavy atom. The number of amides is 1. The van der Waals surface area contributed by atoms with Gasteiger partial charge in [-0.1, -0.05) is 12.1 Å². The fourth-order valence-electron chi connectivity index (χ4n) is 4.68. The van der Waals surface area contributed by atoms with Gasteiger partial charge in [0.25, 0.3) is 5.91 Å². The third-order valence-electron chi connectivity index (χ3n) is 7.10. The number of benzene rings is 2. The first-order valence-corrected chi connectivity index (χ1v) is 11.9. The first-order chi connectivity index (χ1) is 16.3. The van der Waals surface area contributed by atoms with Crippen LogP contribution in [-0.4, -0.2) is 33.1 Å². The van der Waals surface area contributed by atoms with Crippen LogP contribution in [0.1, 0.15) is 58.4 Å². The van der Waals surface area contributed by atoms with E-state index in [1.54, 1.807) is 17.6 Å². The van der Waals surface area contributed by atoms with Gasteiger partial charge in [-0.05, 0) is 73.9 Å². The highest BCUT2D eigenvalue weighted by molar-refractivity contribution is 5.98. The lowest BCUT2D eigenvalue weighted by Crippen LogP contribution is -2.39. The predicted octanol–water partition coefficient (Wildman–Crippen LogP) is 4.35. The van der Waals surface area contributed by atoms with Gasteiger partial charge in [-0.2, -0.15) is 0 Å². The number of carbonyl (C=O) groups is 1. The van der Waals surface area contributed by atoms with Crippen LogP contribution in [0.25, 0.3) is 0 Å². The van der Waals surface area contributed by atoms with E-state index >= 15 is 0 Å². The van der Waals surface area contributed by atoms with E-state index in [4.69, 9.17) is 10.1 Å². The Hall–Kier alpha value is -3.35. The summed E-state index contributed by atoms with van der Waals surface area (Å²) in [4.78, 5) is 15.6. The standard InChI is InChI=1S/C27H31FN4O2/c1-17-12-21(6-7-24(17)28)18(2)32-9-8-22-23(26(32)33)13-20(14-25(22)34-16-19-4-5-19)15-31-11-10-30(3)27(31)29/h6-7,10-14,18-19,29H,4-5,8-9,15-16H2,1-3H3. The van der Waals surface area contributed by atoms with Crippen molar-refractivity contribution in [2.75, 3.05) is 13.2 Å². The zero-order chi connectivity index (χ0) is 24.0. The van der Waals surface area contributed by atoms with Crippen molar-refractivity contribution < 1.29 is 13.9 Å². The molecule has 1 aromatic heterocycles. The maximum absolute atomic E-state index is 13.8. The molecule has 1 N–H and O–H groups in total. The number of aryl methyl sites for hydroxylation is 2. The third-order valence-corrected chi connectivity index (χ3v) is 7.10. The van der Waals surface area contributed by atoms with Gasteiger partial charge in [-0.25, -0.2) is 4.39 Å². The van der Waals surface area contributed by atoms with Gasteiger partial charge in [-0.3, -0.25) is 10.2 Å². The first-order valence-electron chi connectivity index (χ1n) is 11.9. The molecule has 2 heterocycles. The van der Waals surface area contributed by atoms with E-state index in [1.807, 2.05) is 54.0 Å². The van der Waals surface area contributed by atoms with Gasteiger partial charge < -0.3 is 18.8 Å². The normalized spacial score (nSPS) is 16.5. The molecule has 1 amide bonds. The van der Waals surface area contributed by atoms with Crippen molar-refractivity contribution in [2.45, 2.75) is 45.7 Å². The molecule has 6 nitrogen and oxygen atoms in total. The van der Waals surface area contributed by atoms with E-state index in [1.165, 1.54) is 18.9 Å². The van der Waals surface area contributed by atoms with E-state index in [0.29, 0.717) is 48.8 Å². The second-order valence-corrected chi connectivity index (χ2v) is 9.67. The molecule has 1 fully saturated rings. The average Bonchev–Trinajstić information content (AvgIpc) is 3.61. The van der Waals surface area contributed by atoms with Gasteiger partial charge in [0.1, 0.15) is 11.6 Å². The van der Waals surface area contributed by atoms with Crippen LogP contribution in [0.15, 0.2) is 42.7 Å². The Kier molecular flexibility index (Phi) is 5.80. The Labute approximate surface area is 199 Å². The molecular weight excluding hydrogens is 431 g/mol. The third kappa shape index (κ3) is 4.27.